The molecular formula is C12H18N2O3. The predicted octanol–water partition coefficient (Wildman–Crippen LogP) is 1.30. The van der Waals surface area contributed by atoms with Gasteiger partial charge < -0.3 is 20.5 Å². The van der Waals surface area contributed by atoms with Gasteiger partial charge in [-0.1, -0.05) is 0 Å². The van der Waals surface area contributed by atoms with Gasteiger partial charge in [0.15, 0.2) is 0 Å². The molecular weight excluding hydrogens is 220 g/mol. The number of benzene rings is 1. The Kier molecular flexibility index (Phi) is 4.34. The van der Waals surface area contributed by atoms with Gasteiger partial charge in [-0.15, -0.1) is 0 Å². The van der Waals surface area contributed by atoms with Crippen molar-refractivity contribution < 1.29 is 14.3 Å². The lowest BCUT2D eigenvalue weighted by molar-refractivity contribution is -0.117. The molecule has 0 heterocycles. The summed E-state index contributed by atoms with van der Waals surface area (Å²) >= 11 is 0. The Labute approximate surface area is 101 Å². The quantitative estimate of drug-likeness (QED) is 0.829. The van der Waals surface area contributed by atoms with Crippen molar-refractivity contribution in [3.63, 3.8) is 0 Å². The van der Waals surface area contributed by atoms with Crippen LogP contribution in [0.2, 0.25) is 0 Å². The lowest BCUT2D eigenvalue weighted by atomic mass is 10.1. The molecule has 0 aliphatic heterocycles. The molecule has 17 heavy (non-hydrogen) atoms. The van der Waals surface area contributed by atoms with Crippen LogP contribution in [0, 0.1) is 6.92 Å². The van der Waals surface area contributed by atoms with Crippen molar-refractivity contribution in [3.05, 3.63) is 17.7 Å². The third-order valence-corrected chi connectivity index (χ3v) is 2.39. The van der Waals surface area contributed by atoms with Crippen LogP contribution in [0.1, 0.15) is 12.5 Å². The first kappa shape index (κ1) is 13.3. The molecule has 0 saturated carbocycles. The van der Waals surface area contributed by atoms with E-state index in [-0.39, 0.29) is 5.91 Å². The monoisotopic (exact) mass is 238 g/mol. The van der Waals surface area contributed by atoms with Gasteiger partial charge in [-0.25, -0.2) is 0 Å². The second kappa shape index (κ2) is 5.54. The lowest BCUT2D eigenvalue weighted by Gasteiger charge is -2.15. The van der Waals surface area contributed by atoms with Gasteiger partial charge in [0.05, 0.1) is 25.9 Å². The predicted molar refractivity (Wildman–Crippen MR) is 66.6 cm³/mol. The fourth-order valence-corrected chi connectivity index (χ4v) is 1.40. The number of nitrogens with one attached hydrogen (secondary N) is 1. The van der Waals surface area contributed by atoms with Crippen LogP contribution in [0.4, 0.5) is 5.69 Å². The maximum absolute atomic E-state index is 11.6. The molecule has 94 valence electrons. The second-order valence-electron chi connectivity index (χ2n) is 3.80. The number of methoxy groups -OCH3 is 2. The average molecular weight is 238 g/mol. The zero-order valence-electron chi connectivity index (χ0n) is 10.5. The Morgan fingerprint density at radius 2 is 2.00 bits per heavy atom. The molecule has 0 aromatic heterocycles. The third-order valence-electron chi connectivity index (χ3n) is 2.39. The van der Waals surface area contributed by atoms with Crippen LogP contribution in [0.25, 0.3) is 0 Å². The van der Waals surface area contributed by atoms with E-state index in [1.807, 2.05) is 13.0 Å². The number of aryl methyl sites for hydroxylation is 1. The van der Waals surface area contributed by atoms with E-state index in [9.17, 15) is 4.79 Å². The minimum absolute atomic E-state index is 0.253. The Morgan fingerprint density at radius 3 is 2.47 bits per heavy atom. The van der Waals surface area contributed by atoms with E-state index in [4.69, 9.17) is 15.2 Å². The Hall–Kier alpha value is -1.75. The average Bonchev–Trinajstić information content (AvgIpc) is 2.30. The van der Waals surface area contributed by atoms with Crippen molar-refractivity contribution in [2.45, 2.75) is 19.9 Å². The third kappa shape index (κ3) is 3.10. The number of ether oxygens (including phenoxy) is 2. The molecule has 1 aromatic rings. The molecule has 3 N–H and O–H groups in total. The Morgan fingerprint density at radius 1 is 1.35 bits per heavy atom. The first-order chi connectivity index (χ1) is 7.99. The van der Waals surface area contributed by atoms with Crippen LogP contribution in [0.3, 0.4) is 0 Å². The second-order valence-corrected chi connectivity index (χ2v) is 3.80. The van der Waals surface area contributed by atoms with Crippen molar-refractivity contribution in [1.82, 2.24) is 0 Å². The molecule has 0 spiro atoms. The van der Waals surface area contributed by atoms with Crippen LogP contribution in [-0.2, 0) is 4.79 Å². The van der Waals surface area contributed by atoms with Gasteiger partial charge in [0.2, 0.25) is 5.91 Å². The zero-order valence-corrected chi connectivity index (χ0v) is 10.5. The van der Waals surface area contributed by atoms with Crippen molar-refractivity contribution >= 4 is 11.6 Å². The summed E-state index contributed by atoms with van der Waals surface area (Å²) in [5.41, 5.74) is 6.98. The number of anilines is 1. The van der Waals surface area contributed by atoms with Gasteiger partial charge in [-0.3, -0.25) is 4.79 Å². The van der Waals surface area contributed by atoms with Gasteiger partial charge in [-0.2, -0.15) is 0 Å². The van der Waals surface area contributed by atoms with Crippen LogP contribution in [0.5, 0.6) is 11.5 Å². The molecule has 1 amide bonds. The van der Waals surface area contributed by atoms with Gasteiger partial charge in [-0.05, 0) is 25.5 Å². The first-order valence-electron chi connectivity index (χ1n) is 5.28. The summed E-state index contributed by atoms with van der Waals surface area (Å²) in [6.45, 7) is 3.49. The van der Waals surface area contributed by atoms with E-state index in [1.165, 1.54) is 7.11 Å². The molecule has 0 aliphatic carbocycles. The first-order valence-corrected chi connectivity index (χ1v) is 5.28. The smallest absolute Gasteiger partial charge is 0.241 e. The molecule has 1 aromatic carbocycles. The number of carbonyl (C=O) groups is 1. The highest BCUT2D eigenvalue weighted by Crippen LogP contribution is 2.33. The van der Waals surface area contributed by atoms with E-state index in [2.05, 4.69) is 5.32 Å². The van der Waals surface area contributed by atoms with Gasteiger partial charge in [0.25, 0.3) is 0 Å². The number of carbonyl (C=O) groups excluding carboxylic acids is 1. The highest BCUT2D eigenvalue weighted by atomic mass is 16.5. The summed E-state index contributed by atoms with van der Waals surface area (Å²) in [5, 5.41) is 2.74. The number of hydrogen-bond acceptors (Lipinski definition) is 4. The van der Waals surface area contributed by atoms with Crippen molar-refractivity contribution in [2.75, 3.05) is 19.5 Å². The SMILES string of the molecule is COc1cc(C)c(NC(=O)C(C)N)c(OC)c1. The molecule has 1 rings (SSSR count). The molecule has 1 atom stereocenters. The summed E-state index contributed by atoms with van der Waals surface area (Å²) in [7, 11) is 3.12. The number of rotatable bonds is 4. The van der Waals surface area contributed by atoms with Crippen LogP contribution in [0.15, 0.2) is 12.1 Å². The highest BCUT2D eigenvalue weighted by Gasteiger charge is 2.14. The van der Waals surface area contributed by atoms with E-state index in [0.29, 0.717) is 17.2 Å². The summed E-state index contributed by atoms with van der Waals surface area (Å²) in [4.78, 5) is 11.6. The minimum atomic E-state index is -0.568. The number of amides is 1. The molecule has 5 nitrogen and oxygen atoms in total. The topological polar surface area (TPSA) is 73.6 Å². The lowest BCUT2D eigenvalue weighted by Crippen LogP contribution is -2.32. The summed E-state index contributed by atoms with van der Waals surface area (Å²) in [5.74, 6) is 0.977. The molecule has 5 heteroatoms. The van der Waals surface area contributed by atoms with Crippen LogP contribution in [-0.4, -0.2) is 26.2 Å². The van der Waals surface area contributed by atoms with Crippen LogP contribution >= 0.6 is 0 Å². The highest BCUT2D eigenvalue weighted by molar-refractivity contribution is 5.96. The number of nitrogens with two attached hydrogens (primary N) is 1. The van der Waals surface area contributed by atoms with Crippen molar-refractivity contribution in [2.24, 2.45) is 5.73 Å². The van der Waals surface area contributed by atoms with Crippen molar-refractivity contribution in [1.29, 1.82) is 0 Å². The molecule has 0 saturated heterocycles. The largest absolute Gasteiger partial charge is 0.497 e. The molecule has 1 unspecified atom stereocenters. The minimum Gasteiger partial charge on any atom is -0.497 e. The molecule has 0 fully saturated rings. The van der Waals surface area contributed by atoms with E-state index < -0.39 is 6.04 Å². The van der Waals surface area contributed by atoms with E-state index in [1.54, 1.807) is 20.1 Å². The summed E-state index contributed by atoms with van der Waals surface area (Å²) in [6, 6.07) is 2.96. The normalized spacial score (nSPS) is 11.8. The summed E-state index contributed by atoms with van der Waals surface area (Å²) < 4.78 is 10.3. The Balaban J connectivity index is 3.10. The maximum Gasteiger partial charge on any atom is 0.241 e. The standard InChI is InChI=1S/C12H18N2O3/c1-7-5-9(16-3)6-10(17-4)11(7)14-12(15)8(2)13/h5-6,8H,13H2,1-4H3,(H,14,15). The van der Waals surface area contributed by atoms with E-state index >= 15 is 0 Å². The molecule has 0 radical (unpaired) electrons. The fraction of sp³-hybridized carbons (Fsp3) is 0.417. The van der Waals surface area contributed by atoms with Gasteiger partial charge in [0, 0.05) is 6.07 Å². The summed E-state index contributed by atoms with van der Waals surface area (Å²) in [6.07, 6.45) is 0. The van der Waals surface area contributed by atoms with Crippen molar-refractivity contribution in [3.8, 4) is 11.5 Å². The van der Waals surface area contributed by atoms with Gasteiger partial charge in [0.1, 0.15) is 11.5 Å². The molecule has 0 aliphatic rings. The van der Waals surface area contributed by atoms with Gasteiger partial charge >= 0.3 is 0 Å². The molecule has 0 bridgehead atoms. The fourth-order valence-electron chi connectivity index (χ4n) is 1.40. The van der Waals surface area contributed by atoms with Crippen LogP contribution < -0.4 is 20.5 Å². The zero-order chi connectivity index (χ0) is 13.0. The number of hydrogen-bond donors (Lipinski definition) is 2. The maximum atomic E-state index is 11.6. The van der Waals surface area contributed by atoms with E-state index in [0.717, 1.165) is 5.56 Å². The Bertz CT molecular complexity index is 416.